The van der Waals surface area contributed by atoms with Crippen molar-refractivity contribution in [2.45, 2.75) is 17.5 Å². The summed E-state index contributed by atoms with van der Waals surface area (Å²) in [6, 6.07) is 4.19. The molecule has 20 heavy (non-hydrogen) atoms. The first-order chi connectivity index (χ1) is 9.31. The average molecular weight is 308 g/mol. The van der Waals surface area contributed by atoms with Gasteiger partial charge in [-0.25, -0.2) is 13.1 Å². The second kappa shape index (κ2) is 5.71. The highest BCUT2D eigenvalue weighted by atomic mass is 32.2. The van der Waals surface area contributed by atoms with Crippen molar-refractivity contribution in [2.75, 3.05) is 19.6 Å². The molecule has 2 rings (SSSR count). The van der Waals surface area contributed by atoms with E-state index in [-0.39, 0.29) is 12.5 Å². The van der Waals surface area contributed by atoms with E-state index >= 15 is 0 Å². The number of benzene rings is 1. The summed E-state index contributed by atoms with van der Waals surface area (Å²) < 4.78 is 64.8. The Hall–Kier alpha value is -1.12. The van der Waals surface area contributed by atoms with Crippen LogP contribution in [0.4, 0.5) is 13.2 Å². The van der Waals surface area contributed by atoms with Gasteiger partial charge in [0.25, 0.3) is 0 Å². The number of sulfonamides is 1. The third-order valence-electron chi connectivity index (χ3n) is 3.21. The van der Waals surface area contributed by atoms with Gasteiger partial charge in [0.1, 0.15) is 0 Å². The molecule has 1 aromatic rings. The van der Waals surface area contributed by atoms with Crippen LogP contribution in [0.2, 0.25) is 0 Å². The van der Waals surface area contributed by atoms with Crippen LogP contribution in [0, 0.1) is 5.92 Å². The summed E-state index contributed by atoms with van der Waals surface area (Å²) in [5, 5.41) is 3.07. The lowest BCUT2D eigenvalue weighted by atomic mass is 10.1. The summed E-state index contributed by atoms with van der Waals surface area (Å²) in [7, 11) is -4.16. The van der Waals surface area contributed by atoms with E-state index in [1.165, 1.54) is 12.1 Å². The van der Waals surface area contributed by atoms with E-state index in [2.05, 4.69) is 10.0 Å². The Morgan fingerprint density at radius 3 is 2.60 bits per heavy atom. The molecule has 0 spiro atoms. The minimum atomic E-state index is -4.69. The molecule has 1 aromatic carbocycles. The van der Waals surface area contributed by atoms with Crippen LogP contribution < -0.4 is 10.0 Å². The van der Waals surface area contributed by atoms with Gasteiger partial charge < -0.3 is 5.32 Å². The first kappa shape index (κ1) is 15.3. The van der Waals surface area contributed by atoms with Gasteiger partial charge in [0.15, 0.2) is 0 Å². The van der Waals surface area contributed by atoms with Crippen molar-refractivity contribution >= 4 is 10.0 Å². The van der Waals surface area contributed by atoms with Crippen LogP contribution in [0.1, 0.15) is 12.0 Å². The molecule has 8 heteroatoms. The van der Waals surface area contributed by atoms with Crippen LogP contribution in [0.3, 0.4) is 0 Å². The maximum Gasteiger partial charge on any atom is 0.417 e. The Kier molecular flexibility index (Phi) is 4.36. The molecule has 2 N–H and O–H groups in total. The number of nitrogens with one attached hydrogen (secondary N) is 2. The largest absolute Gasteiger partial charge is 0.417 e. The quantitative estimate of drug-likeness (QED) is 0.888. The third kappa shape index (κ3) is 3.50. The summed E-state index contributed by atoms with van der Waals surface area (Å²) in [6.45, 7) is 1.61. The fraction of sp³-hybridized carbons (Fsp3) is 0.500. The number of alkyl halides is 3. The van der Waals surface area contributed by atoms with E-state index in [4.69, 9.17) is 0 Å². The van der Waals surface area contributed by atoms with Crippen molar-refractivity contribution < 1.29 is 21.6 Å². The van der Waals surface area contributed by atoms with Crippen molar-refractivity contribution in [3.05, 3.63) is 29.8 Å². The van der Waals surface area contributed by atoms with E-state index < -0.39 is 26.7 Å². The number of hydrogen-bond acceptors (Lipinski definition) is 3. The highest BCUT2D eigenvalue weighted by Gasteiger charge is 2.36. The highest BCUT2D eigenvalue weighted by Crippen LogP contribution is 2.33. The Morgan fingerprint density at radius 2 is 2.00 bits per heavy atom. The zero-order chi connectivity index (χ0) is 14.8. The van der Waals surface area contributed by atoms with E-state index in [0.29, 0.717) is 6.54 Å². The van der Waals surface area contributed by atoms with Crippen molar-refractivity contribution in [3.63, 3.8) is 0 Å². The number of halogens is 3. The van der Waals surface area contributed by atoms with Crippen molar-refractivity contribution in [3.8, 4) is 0 Å². The Bertz CT molecular complexity index is 566. The van der Waals surface area contributed by atoms with Crippen molar-refractivity contribution in [1.29, 1.82) is 0 Å². The standard InChI is InChI=1S/C12H15F3N2O2S/c13-12(14,15)10-3-1-2-4-11(10)20(18,19)17-8-9-5-6-16-7-9/h1-4,9,16-17H,5-8H2. The van der Waals surface area contributed by atoms with Crippen LogP contribution in [0.25, 0.3) is 0 Å². The minimum Gasteiger partial charge on any atom is -0.316 e. The molecule has 1 atom stereocenters. The van der Waals surface area contributed by atoms with Gasteiger partial charge in [0.2, 0.25) is 10.0 Å². The molecule has 1 saturated heterocycles. The maximum absolute atomic E-state index is 12.8. The molecule has 1 heterocycles. The topological polar surface area (TPSA) is 58.2 Å². The first-order valence-electron chi connectivity index (χ1n) is 6.17. The van der Waals surface area contributed by atoms with Gasteiger partial charge in [0, 0.05) is 6.54 Å². The Labute approximate surface area is 115 Å². The summed E-state index contributed by atoms with van der Waals surface area (Å²) in [6.07, 6.45) is -3.89. The molecule has 0 bridgehead atoms. The highest BCUT2D eigenvalue weighted by molar-refractivity contribution is 7.89. The molecule has 0 aliphatic carbocycles. The Morgan fingerprint density at radius 1 is 1.30 bits per heavy atom. The van der Waals surface area contributed by atoms with Crippen LogP contribution in [0.15, 0.2) is 29.2 Å². The van der Waals surface area contributed by atoms with Gasteiger partial charge in [-0.2, -0.15) is 13.2 Å². The molecule has 0 amide bonds. The molecule has 0 saturated carbocycles. The normalized spacial score (nSPS) is 20.2. The zero-order valence-corrected chi connectivity index (χ0v) is 11.4. The predicted molar refractivity (Wildman–Crippen MR) is 67.6 cm³/mol. The molecule has 1 aliphatic rings. The predicted octanol–water partition coefficient (Wildman–Crippen LogP) is 1.59. The smallest absolute Gasteiger partial charge is 0.316 e. The van der Waals surface area contributed by atoms with E-state index in [1.54, 1.807) is 0 Å². The molecule has 0 aromatic heterocycles. The average Bonchev–Trinajstić information content (AvgIpc) is 2.89. The molecule has 1 fully saturated rings. The third-order valence-corrected chi connectivity index (χ3v) is 4.69. The lowest BCUT2D eigenvalue weighted by Crippen LogP contribution is -2.31. The SMILES string of the molecule is O=S(=O)(NCC1CCNC1)c1ccccc1C(F)(F)F. The maximum atomic E-state index is 12.8. The second-order valence-electron chi connectivity index (χ2n) is 4.70. The summed E-state index contributed by atoms with van der Waals surface area (Å²) in [4.78, 5) is -0.724. The molecule has 1 unspecified atom stereocenters. The molecule has 0 radical (unpaired) electrons. The summed E-state index contributed by atoms with van der Waals surface area (Å²) in [5.74, 6) is 0.114. The summed E-state index contributed by atoms with van der Waals surface area (Å²) in [5.41, 5.74) is -1.14. The monoisotopic (exact) mass is 308 g/mol. The van der Waals surface area contributed by atoms with Gasteiger partial charge in [-0.1, -0.05) is 12.1 Å². The molecular formula is C12H15F3N2O2S. The van der Waals surface area contributed by atoms with E-state index in [1.807, 2.05) is 0 Å². The van der Waals surface area contributed by atoms with E-state index in [0.717, 1.165) is 25.1 Å². The molecule has 4 nitrogen and oxygen atoms in total. The minimum absolute atomic E-state index is 0.114. The Balaban J connectivity index is 2.20. The molecule has 1 aliphatic heterocycles. The second-order valence-corrected chi connectivity index (χ2v) is 6.44. The summed E-state index contributed by atoms with van der Waals surface area (Å²) >= 11 is 0. The molecule has 112 valence electrons. The van der Waals surface area contributed by atoms with Gasteiger partial charge in [-0.3, -0.25) is 0 Å². The van der Waals surface area contributed by atoms with Gasteiger partial charge in [-0.05, 0) is 37.6 Å². The van der Waals surface area contributed by atoms with Crippen LogP contribution in [-0.4, -0.2) is 28.1 Å². The van der Waals surface area contributed by atoms with Crippen LogP contribution in [0.5, 0.6) is 0 Å². The number of hydrogen-bond donors (Lipinski definition) is 2. The zero-order valence-electron chi connectivity index (χ0n) is 10.6. The van der Waals surface area contributed by atoms with Gasteiger partial charge in [0.05, 0.1) is 10.5 Å². The molecular weight excluding hydrogens is 293 g/mol. The lowest BCUT2D eigenvalue weighted by molar-refractivity contribution is -0.139. The number of rotatable bonds is 4. The van der Waals surface area contributed by atoms with Crippen LogP contribution >= 0.6 is 0 Å². The van der Waals surface area contributed by atoms with Crippen molar-refractivity contribution in [1.82, 2.24) is 10.0 Å². The lowest BCUT2D eigenvalue weighted by Gasteiger charge is -2.15. The first-order valence-corrected chi connectivity index (χ1v) is 7.65. The van der Waals surface area contributed by atoms with Crippen LogP contribution in [-0.2, 0) is 16.2 Å². The van der Waals surface area contributed by atoms with Gasteiger partial charge in [-0.15, -0.1) is 0 Å². The fourth-order valence-electron chi connectivity index (χ4n) is 2.13. The van der Waals surface area contributed by atoms with Crippen molar-refractivity contribution in [2.24, 2.45) is 5.92 Å². The van der Waals surface area contributed by atoms with Gasteiger partial charge >= 0.3 is 6.18 Å². The fourth-order valence-corrected chi connectivity index (χ4v) is 3.47. The van der Waals surface area contributed by atoms with E-state index in [9.17, 15) is 21.6 Å².